The van der Waals surface area contributed by atoms with Crippen LogP contribution in [0.25, 0.3) is 0 Å². The van der Waals surface area contributed by atoms with Crippen molar-refractivity contribution < 1.29 is 9.53 Å². The molecule has 0 heterocycles. The number of carbonyl (C=O) groups is 1. The minimum absolute atomic E-state index is 0.0710. The number of hydrogen-bond acceptors (Lipinski definition) is 3. The summed E-state index contributed by atoms with van der Waals surface area (Å²) in [6.07, 6.45) is 0. The second-order valence-electron chi connectivity index (χ2n) is 6.90. The van der Waals surface area contributed by atoms with Gasteiger partial charge in [-0.1, -0.05) is 60.7 Å². The zero-order chi connectivity index (χ0) is 19.8. The highest BCUT2D eigenvalue weighted by Crippen LogP contribution is 2.17. The Morgan fingerprint density at radius 1 is 0.893 bits per heavy atom. The number of nitrogens with zero attached hydrogens (tertiary/aromatic N) is 1. The largest absolute Gasteiger partial charge is 0.489 e. The minimum Gasteiger partial charge on any atom is -0.489 e. The van der Waals surface area contributed by atoms with Crippen molar-refractivity contribution in [2.24, 2.45) is 0 Å². The third kappa shape index (κ3) is 5.44. The van der Waals surface area contributed by atoms with Gasteiger partial charge in [-0.25, -0.2) is 0 Å². The molecule has 0 aromatic heterocycles. The number of benzene rings is 3. The van der Waals surface area contributed by atoms with E-state index in [1.165, 1.54) is 5.56 Å². The minimum atomic E-state index is -0.0710. The van der Waals surface area contributed by atoms with Gasteiger partial charge in [-0.2, -0.15) is 0 Å². The second kappa shape index (κ2) is 9.72. The molecule has 3 aromatic carbocycles. The van der Waals surface area contributed by atoms with Gasteiger partial charge in [0.05, 0.1) is 6.04 Å². The van der Waals surface area contributed by atoms with Crippen LogP contribution >= 0.6 is 0 Å². The Morgan fingerprint density at radius 3 is 2.11 bits per heavy atom. The van der Waals surface area contributed by atoms with Crippen molar-refractivity contribution in [3.05, 3.63) is 102 Å². The summed E-state index contributed by atoms with van der Waals surface area (Å²) in [5.74, 6) is 0.762. The Hall–Kier alpha value is -3.11. The number of hydrogen-bond donors (Lipinski definition) is 1. The van der Waals surface area contributed by atoms with Gasteiger partial charge in [-0.15, -0.1) is 0 Å². The fourth-order valence-electron chi connectivity index (χ4n) is 3.00. The summed E-state index contributed by atoms with van der Waals surface area (Å²) in [6.45, 7) is 1.03. The normalized spacial score (nSPS) is 11.8. The molecule has 0 aliphatic heterocycles. The molecule has 0 saturated carbocycles. The first kappa shape index (κ1) is 19.6. The molecule has 1 amide bonds. The van der Waals surface area contributed by atoms with Crippen molar-refractivity contribution in [1.82, 2.24) is 10.2 Å². The average Bonchev–Trinajstić information content (AvgIpc) is 2.74. The Bertz CT molecular complexity index is 862. The van der Waals surface area contributed by atoms with Gasteiger partial charge in [-0.3, -0.25) is 4.79 Å². The van der Waals surface area contributed by atoms with Crippen molar-refractivity contribution in [2.75, 3.05) is 20.6 Å². The van der Waals surface area contributed by atoms with Crippen LogP contribution in [0.1, 0.15) is 27.5 Å². The van der Waals surface area contributed by atoms with Crippen LogP contribution in [0.15, 0.2) is 84.9 Å². The molecule has 28 heavy (non-hydrogen) atoms. The summed E-state index contributed by atoms with van der Waals surface area (Å²) in [4.78, 5) is 14.6. The zero-order valence-electron chi connectivity index (χ0n) is 16.3. The monoisotopic (exact) mass is 374 g/mol. The Labute approximate surface area is 166 Å². The third-order valence-corrected chi connectivity index (χ3v) is 4.63. The summed E-state index contributed by atoms with van der Waals surface area (Å²) in [6, 6.07) is 27.6. The summed E-state index contributed by atoms with van der Waals surface area (Å²) in [7, 11) is 4.04. The topological polar surface area (TPSA) is 41.6 Å². The number of nitrogens with one attached hydrogen (secondary N) is 1. The molecule has 1 N–H and O–H groups in total. The van der Waals surface area contributed by atoms with Gasteiger partial charge in [0.25, 0.3) is 5.91 Å². The molecule has 0 radical (unpaired) electrons. The summed E-state index contributed by atoms with van der Waals surface area (Å²) in [5, 5.41) is 3.04. The van der Waals surface area contributed by atoms with Crippen LogP contribution in [0.2, 0.25) is 0 Å². The number of ether oxygens (including phenoxy) is 1. The first-order valence-corrected chi connectivity index (χ1v) is 9.40. The number of amides is 1. The van der Waals surface area contributed by atoms with E-state index in [0.717, 1.165) is 11.3 Å². The van der Waals surface area contributed by atoms with Crippen molar-refractivity contribution in [1.29, 1.82) is 0 Å². The maximum atomic E-state index is 12.5. The molecule has 4 nitrogen and oxygen atoms in total. The van der Waals surface area contributed by atoms with E-state index in [2.05, 4.69) is 22.3 Å². The average molecular weight is 374 g/mol. The molecule has 0 aliphatic carbocycles. The summed E-state index contributed by atoms with van der Waals surface area (Å²) < 4.78 is 5.74. The predicted octanol–water partition coefficient (Wildman–Crippen LogP) is 4.30. The van der Waals surface area contributed by atoms with Gasteiger partial charge in [0, 0.05) is 12.1 Å². The molecule has 1 atom stereocenters. The van der Waals surface area contributed by atoms with Crippen molar-refractivity contribution in [2.45, 2.75) is 12.6 Å². The van der Waals surface area contributed by atoms with Crippen LogP contribution < -0.4 is 10.1 Å². The molecule has 0 aliphatic rings. The van der Waals surface area contributed by atoms with Gasteiger partial charge in [0.15, 0.2) is 0 Å². The lowest BCUT2D eigenvalue weighted by Crippen LogP contribution is -2.34. The van der Waals surface area contributed by atoms with Gasteiger partial charge in [0.2, 0.25) is 0 Å². The number of carbonyl (C=O) groups excluding carboxylic acids is 1. The molecular formula is C24H26N2O2. The van der Waals surface area contributed by atoms with Crippen LogP contribution in [0, 0.1) is 0 Å². The molecule has 0 saturated heterocycles. The van der Waals surface area contributed by atoms with Crippen LogP contribution in [0.3, 0.4) is 0 Å². The third-order valence-electron chi connectivity index (χ3n) is 4.63. The molecule has 4 heteroatoms. The van der Waals surface area contributed by atoms with Gasteiger partial charge >= 0.3 is 0 Å². The van der Waals surface area contributed by atoms with Gasteiger partial charge < -0.3 is 15.0 Å². The van der Waals surface area contributed by atoms with E-state index in [1.807, 2.05) is 86.9 Å². The van der Waals surface area contributed by atoms with E-state index in [-0.39, 0.29) is 11.9 Å². The van der Waals surface area contributed by atoms with E-state index in [1.54, 1.807) is 0 Å². The Balaban J connectivity index is 1.55. The summed E-state index contributed by atoms with van der Waals surface area (Å²) >= 11 is 0. The lowest BCUT2D eigenvalue weighted by molar-refractivity contribution is 0.0942. The van der Waals surface area contributed by atoms with E-state index in [4.69, 9.17) is 4.74 Å². The lowest BCUT2D eigenvalue weighted by atomic mass is 10.1. The summed E-state index contributed by atoms with van der Waals surface area (Å²) in [5.41, 5.74) is 2.85. The standard InChI is InChI=1S/C24H26N2O2/c1-26(2)23(20-9-5-3-6-10-20)17-25-24(27)21-15-13-19(14-16-21)18-28-22-11-7-4-8-12-22/h3-16,23H,17-18H2,1-2H3,(H,25,27). The molecule has 3 rings (SSSR count). The highest BCUT2D eigenvalue weighted by Gasteiger charge is 2.15. The van der Waals surface area contributed by atoms with E-state index in [9.17, 15) is 4.79 Å². The van der Waals surface area contributed by atoms with Crippen molar-refractivity contribution in [3.63, 3.8) is 0 Å². The number of likely N-dealkylation sites (N-methyl/N-ethyl adjacent to an activating group) is 1. The maximum absolute atomic E-state index is 12.5. The first-order valence-electron chi connectivity index (χ1n) is 9.40. The number of para-hydroxylation sites is 1. The highest BCUT2D eigenvalue weighted by atomic mass is 16.5. The van der Waals surface area contributed by atoms with E-state index >= 15 is 0 Å². The van der Waals surface area contributed by atoms with Gasteiger partial charge in [-0.05, 0) is 49.5 Å². The zero-order valence-corrected chi connectivity index (χ0v) is 16.3. The van der Waals surface area contributed by atoms with Crippen molar-refractivity contribution in [3.8, 4) is 5.75 Å². The lowest BCUT2D eigenvalue weighted by Gasteiger charge is -2.25. The Kier molecular flexibility index (Phi) is 6.82. The van der Waals surface area contributed by atoms with Crippen molar-refractivity contribution >= 4 is 5.91 Å². The highest BCUT2D eigenvalue weighted by molar-refractivity contribution is 5.94. The van der Waals surface area contributed by atoms with E-state index < -0.39 is 0 Å². The fraction of sp³-hybridized carbons (Fsp3) is 0.208. The van der Waals surface area contributed by atoms with E-state index in [0.29, 0.717) is 18.7 Å². The molecule has 3 aromatic rings. The molecule has 0 fully saturated rings. The molecular weight excluding hydrogens is 348 g/mol. The fourth-order valence-corrected chi connectivity index (χ4v) is 3.00. The quantitative estimate of drug-likeness (QED) is 0.639. The molecule has 1 unspecified atom stereocenters. The molecule has 0 spiro atoms. The number of rotatable bonds is 8. The Morgan fingerprint density at radius 2 is 1.50 bits per heavy atom. The van der Waals surface area contributed by atoms with Gasteiger partial charge in [0.1, 0.15) is 12.4 Å². The molecule has 0 bridgehead atoms. The van der Waals surface area contributed by atoms with Crippen LogP contribution in [0.4, 0.5) is 0 Å². The SMILES string of the molecule is CN(C)C(CNC(=O)c1ccc(COc2ccccc2)cc1)c1ccccc1. The maximum Gasteiger partial charge on any atom is 0.251 e. The predicted molar refractivity (Wildman–Crippen MR) is 112 cm³/mol. The van der Waals surface area contributed by atoms with Crippen LogP contribution in [-0.4, -0.2) is 31.4 Å². The first-order chi connectivity index (χ1) is 13.6. The second-order valence-corrected chi connectivity index (χ2v) is 6.90. The molecule has 144 valence electrons. The smallest absolute Gasteiger partial charge is 0.251 e. The van der Waals surface area contributed by atoms with Crippen LogP contribution in [0.5, 0.6) is 5.75 Å². The van der Waals surface area contributed by atoms with Crippen LogP contribution in [-0.2, 0) is 6.61 Å².